The van der Waals surface area contributed by atoms with Crippen molar-refractivity contribution in [2.45, 2.75) is 33.2 Å². The van der Waals surface area contributed by atoms with Crippen molar-refractivity contribution < 1.29 is 0 Å². The van der Waals surface area contributed by atoms with E-state index in [1.54, 1.807) is 0 Å². The van der Waals surface area contributed by atoms with Crippen LogP contribution in [0, 0.1) is 6.92 Å². The summed E-state index contributed by atoms with van der Waals surface area (Å²) < 4.78 is 0. The lowest BCUT2D eigenvalue weighted by molar-refractivity contribution is 0.450. The number of aryl methyl sites for hydroxylation is 1. The molecule has 1 aromatic carbocycles. The summed E-state index contributed by atoms with van der Waals surface area (Å²) in [6.45, 7) is 9.42. The lowest BCUT2D eigenvalue weighted by atomic mass is 10.1. The molecule has 0 spiro atoms. The molecule has 0 fully saturated rings. The first-order valence-corrected chi connectivity index (χ1v) is 6.73. The SMILES string of the molecule is Cc1ccc2cc(/C=C/CNC(C)(C)C)ccc2n1. The molecular formula is C17H22N2. The maximum atomic E-state index is 4.51. The summed E-state index contributed by atoms with van der Waals surface area (Å²) in [5.41, 5.74) is 3.50. The quantitative estimate of drug-likeness (QED) is 0.897. The highest BCUT2D eigenvalue weighted by atomic mass is 14.9. The Labute approximate surface area is 115 Å². The van der Waals surface area contributed by atoms with Crippen molar-refractivity contribution in [3.05, 3.63) is 47.7 Å². The highest BCUT2D eigenvalue weighted by Crippen LogP contribution is 2.15. The lowest BCUT2D eigenvalue weighted by Gasteiger charge is -2.18. The maximum absolute atomic E-state index is 4.51. The van der Waals surface area contributed by atoms with Crippen molar-refractivity contribution >= 4 is 17.0 Å². The van der Waals surface area contributed by atoms with Crippen LogP contribution in [0.25, 0.3) is 17.0 Å². The Kier molecular flexibility index (Phi) is 4.01. The van der Waals surface area contributed by atoms with Crippen LogP contribution in [-0.2, 0) is 0 Å². The van der Waals surface area contributed by atoms with Crippen LogP contribution in [0.2, 0.25) is 0 Å². The van der Waals surface area contributed by atoms with Gasteiger partial charge in [-0.1, -0.05) is 24.3 Å². The average Bonchev–Trinajstić information content (AvgIpc) is 2.33. The number of fused-ring (bicyclic) bond motifs is 1. The summed E-state index contributed by atoms with van der Waals surface area (Å²) in [5.74, 6) is 0. The molecule has 0 aliphatic carbocycles. The molecule has 0 aliphatic rings. The van der Waals surface area contributed by atoms with Gasteiger partial charge in [0, 0.05) is 23.2 Å². The molecule has 2 aromatic rings. The van der Waals surface area contributed by atoms with E-state index >= 15 is 0 Å². The largest absolute Gasteiger partial charge is 0.309 e. The summed E-state index contributed by atoms with van der Waals surface area (Å²) in [5, 5.41) is 4.63. The summed E-state index contributed by atoms with van der Waals surface area (Å²) in [4.78, 5) is 4.51. The van der Waals surface area contributed by atoms with Gasteiger partial charge >= 0.3 is 0 Å². The molecule has 0 radical (unpaired) electrons. The highest BCUT2D eigenvalue weighted by molar-refractivity contribution is 5.81. The number of nitrogens with zero attached hydrogens (tertiary/aromatic N) is 1. The van der Waals surface area contributed by atoms with Gasteiger partial charge in [0.25, 0.3) is 0 Å². The molecule has 0 unspecified atom stereocenters. The van der Waals surface area contributed by atoms with Crippen LogP contribution in [0.1, 0.15) is 32.0 Å². The maximum Gasteiger partial charge on any atom is 0.0705 e. The average molecular weight is 254 g/mol. The molecule has 0 atom stereocenters. The Morgan fingerprint density at radius 2 is 1.95 bits per heavy atom. The summed E-state index contributed by atoms with van der Waals surface area (Å²) in [6.07, 6.45) is 4.31. The second-order valence-corrected chi connectivity index (χ2v) is 5.94. The van der Waals surface area contributed by atoms with Gasteiger partial charge in [-0.05, 0) is 51.5 Å². The zero-order valence-electron chi connectivity index (χ0n) is 12.2. The molecule has 1 N–H and O–H groups in total. The molecule has 19 heavy (non-hydrogen) atoms. The zero-order valence-corrected chi connectivity index (χ0v) is 12.2. The molecule has 0 saturated carbocycles. The van der Waals surface area contributed by atoms with Crippen molar-refractivity contribution in [3.63, 3.8) is 0 Å². The van der Waals surface area contributed by atoms with Gasteiger partial charge in [0.05, 0.1) is 5.52 Å². The minimum atomic E-state index is 0.162. The van der Waals surface area contributed by atoms with Gasteiger partial charge in [0.15, 0.2) is 0 Å². The number of hydrogen-bond acceptors (Lipinski definition) is 2. The minimum absolute atomic E-state index is 0.162. The van der Waals surface area contributed by atoms with Crippen molar-refractivity contribution in [1.82, 2.24) is 10.3 Å². The predicted octanol–water partition coefficient (Wildman–Crippen LogP) is 3.94. The molecule has 1 aromatic heterocycles. The minimum Gasteiger partial charge on any atom is -0.309 e. The number of rotatable bonds is 3. The number of benzene rings is 1. The Balaban J connectivity index is 2.09. The van der Waals surface area contributed by atoms with Crippen LogP contribution in [-0.4, -0.2) is 17.1 Å². The van der Waals surface area contributed by atoms with Crippen molar-refractivity contribution in [2.24, 2.45) is 0 Å². The highest BCUT2D eigenvalue weighted by Gasteiger charge is 2.05. The second kappa shape index (κ2) is 5.54. The van der Waals surface area contributed by atoms with Gasteiger partial charge in [-0.3, -0.25) is 4.98 Å². The van der Waals surface area contributed by atoms with Crippen LogP contribution < -0.4 is 5.32 Å². The van der Waals surface area contributed by atoms with Crippen LogP contribution in [0.15, 0.2) is 36.4 Å². The van der Waals surface area contributed by atoms with E-state index in [2.05, 4.69) is 73.6 Å². The molecule has 2 rings (SSSR count). The van der Waals surface area contributed by atoms with Gasteiger partial charge in [-0.25, -0.2) is 0 Å². The topological polar surface area (TPSA) is 24.9 Å². The number of pyridine rings is 1. The van der Waals surface area contributed by atoms with Crippen LogP contribution in [0.3, 0.4) is 0 Å². The monoisotopic (exact) mass is 254 g/mol. The third kappa shape index (κ3) is 4.18. The van der Waals surface area contributed by atoms with E-state index in [4.69, 9.17) is 0 Å². The predicted molar refractivity (Wildman–Crippen MR) is 83.3 cm³/mol. The number of hydrogen-bond donors (Lipinski definition) is 1. The van der Waals surface area contributed by atoms with E-state index in [0.717, 1.165) is 17.8 Å². The number of aromatic nitrogens is 1. The standard InChI is InChI=1S/C17H22N2/c1-13-7-9-15-12-14(8-10-16(15)19-13)6-5-11-18-17(2,3)4/h5-10,12,18H,11H2,1-4H3/b6-5+. The van der Waals surface area contributed by atoms with E-state index in [-0.39, 0.29) is 5.54 Å². The van der Waals surface area contributed by atoms with E-state index in [9.17, 15) is 0 Å². The first-order chi connectivity index (χ1) is 8.94. The molecule has 2 nitrogen and oxygen atoms in total. The molecule has 0 aliphatic heterocycles. The Bertz CT molecular complexity index is 592. The van der Waals surface area contributed by atoms with Gasteiger partial charge in [-0.2, -0.15) is 0 Å². The fraction of sp³-hybridized carbons (Fsp3) is 0.353. The molecule has 1 heterocycles. The van der Waals surface area contributed by atoms with Gasteiger partial charge in [0.1, 0.15) is 0 Å². The fourth-order valence-electron chi connectivity index (χ4n) is 1.91. The molecule has 0 saturated heterocycles. The van der Waals surface area contributed by atoms with Crippen molar-refractivity contribution in [2.75, 3.05) is 6.54 Å². The lowest BCUT2D eigenvalue weighted by Crippen LogP contribution is -2.35. The van der Waals surface area contributed by atoms with E-state index in [1.807, 2.05) is 6.92 Å². The van der Waals surface area contributed by atoms with Crippen molar-refractivity contribution in [1.29, 1.82) is 0 Å². The Morgan fingerprint density at radius 3 is 2.68 bits per heavy atom. The molecule has 2 heteroatoms. The van der Waals surface area contributed by atoms with Crippen LogP contribution in [0.4, 0.5) is 0 Å². The Hall–Kier alpha value is -1.67. The third-order valence-electron chi connectivity index (χ3n) is 2.91. The van der Waals surface area contributed by atoms with Crippen molar-refractivity contribution in [3.8, 4) is 0 Å². The van der Waals surface area contributed by atoms with Gasteiger partial charge < -0.3 is 5.32 Å². The third-order valence-corrected chi connectivity index (χ3v) is 2.91. The number of nitrogens with one attached hydrogen (secondary N) is 1. The second-order valence-electron chi connectivity index (χ2n) is 5.94. The molecular weight excluding hydrogens is 232 g/mol. The van der Waals surface area contributed by atoms with Crippen LogP contribution >= 0.6 is 0 Å². The van der Waals surface area contributed by atoms with Gasteiger partial charge in [-0.15, -0.1) is 0 Å². The Morgan fingerprint density at radius 1 is 1.16 bits per heavy atom. The van der Waals surface area contributed by atoms with E-state index in [0.29, 0.717) is 0 Å². The first kappa shape index (κ1) is 13.8. The van der Waals surface area contributed by atoms with Crippen LogP contribution in [0.5, 0.6) is 0 Å². The summed E-state index contributed by atoms with van der Waals surface area (Å²) >= 11 is 0. The fourth-order valence-corrected chi connectivity index (χ4v) is 1.91. The normalized spacial score (nSPS) is 12.4. The molecule has 100 valence electrons. The molecule has 0 amide bonds. The summed E-state index contributed by atoms with van der Waals surface area (Å²) in [7, 11) is 0. The summed E-state index contributed by atoms with van der Waals surface area (Å²) in [6, 6.07) is 10.6. The van der Waals surface area contributed by atoms with E-state index < -0.39 is 0 Å². The van der Waals surface area contributed by atoms with E-state index in [1.165, 1.54) is 10.9 Å². The smallest absolute Gasteiger partial charge is 0.0705 e. The molecule has 0 bridgehead atoms. The van der Waals surface area contributed by atoms with Gasteiger partial charge in [0.2, 0.25) is 0 Å². The zero-order chi connectivity index (χ0) is 13.9. The first-order valence-electron chi connectivity index (χ1n) is 6.73.